The number of benzene rings is 1. The molecule has 1 rings (SSSR count). The molecule has 0 aliphatic heterocycles. The molecule has 0 aliphatic carbocycles. The number of aryl methyl sites for hydroxylation is 1. The maximum atomic E-state index is 10.7. The highest BCUT2D eigenvalue weighted by Crippen LogP contribution is 2.20. The first-order valence-electron chi connectivity index (χ1n) is 4.80. The van der Waals surface area contributed by atoms with Gasteiger partial charge in [-0.2, -0.15) is 0 Å². The van der Waals surface area contributed by atoms with Gasteiger partial charge in [-0.25, -0.2) is 0 Å². The van der Waals surface area contributed by atoms with Gasteiger partial charge < -0.3 is 10.1 Å². The van der Waals surface area contributed by atoms with Gasteiger partial charge in [0, 0.05) is 12.1 Å². The van der Waals surface area contributed by atoms with E-state index in [4.69, 9.17) is 4.74 Å². The van der Waals surface area contributed by atoms with Crippen LogP contribution < -0.4 is 10.1 Å². The molecule has 0 heterocycles. The topological polar surface area (TPSA) is 38.3 Å². The van der Waals surface area contributed by atoms with Crippen molar-refractivity contribution in [3.8, 4) is 5.75 Å². The molecule has 0 aromatic heterocycles. The number of rotatable bonds is 4. The van der Waals surface area contributed by atoms with Crippen molar-refractivity contribution in [3.63, 3.8) is 0 Å². The molecule has 82 valence electrons. The van der Waals surface area contributed by atoms with Gasteiger partial charge in [-0.15, -0.1) is 0 Å². The molecule has 3 nitrogen and oxygen atoms in total. The number of hydrogen-bond donors (Lipinski definition) is 2. The molecule has 1 N–H and O–H groups in total. The lowest BCUT2D eigenvalue weighted by Crippen LogP contribution is -2.16. The Labute approximate surface area is 95.2 Å². The Bertz CT molecular complexity index is 352. The van der Waals surface area contributed by atoms with Crippen molar-refractivity contribution in [2.75, 3.05) is 7.11 Å². The van der Waals surface area contributed by atoms with E-state index in [9.17, 15) is 4.79 Å². The Morgan fingerprint density at radius 1 is 1.53 bits per heavy atom. The molecule has 1 amide bonds. The smallest absolute Gasteiger partial charge is 0.276 e. The largest absolute Gasteiger partial charge is 0.496 e. The van der Waals surface area contributed by atoms with Gasteiger partial charge >= 0.3 is 0 Å². The molecule has 0 spiro atoms. The second-order valence-corrected chi connectivity index (χ2v) is 3.56. The number of ether oxygens (including phenoxy) is 1. The van der Waals surface area contributed by atoms with Crippen molar-refractivity contribution in [1.82, 2.24) is 5.32 Å². The maximum absolute atomic E-state index is 10.7. The van der Waals surface area contributed by atoms with Crippen molar-refractivity contribution in [1.29, 1.82) is 0 Å². The van der Waals surface area contributed by atoms with Crippen LogP contribution in [0.1, 0.15) is 18.1 Å². The first-order chi connectivity index (χ1) is 7.17. The van der Waals surface area contributed by atoms with E-state index in [2.05, 4.69) is 24.9 Å². The highest BCUT2D eigenvalue weighted by Gasteiger charge is 2.04. The third kappa shape index (κ3) is 3.47. The number of carbonyl (C=O) groups excluding carboxylic acids is 1. The van der Waals surface area contributed by atoms with E-state index in [1.807, 2.05) is 18.2 Å². The minimum absolute atomic E-state index is 0.334. The van der Waals surface area contributed by atoms with Crippen molar-refractivity contribution in [2.45, 2.75) is 19.9 Å². The second kappa shape index (κ2) is 5.66. The number of carbonyl (C=O) groups is 1. The van der Waals surface area contributed by atoms with E-state index in [1.54, 1.807) is 7.11 Å². The van der Waals surface area contributed by atoms with Crippen molar-refractivity contribution >= 4 is 17.9 Å². The lowest BCUT2D eigenvalue weighted by atomic mass is 10.1. The molecular weight excluding hydrogens is 210 g/mol. The number of methoxy groups -OCH3 is 1. The fourth-order valence-electron chi connectivity index (χ4n) is 1.36. The maximum Gasteiger partial charge on any atom is 0.276 e. The van der Waals surface area contributed by atoms with Crippen molar-refractivity contribution in [3.05, 3.63) is 29.3 Å². The summed E-state index contributed by atoms with van der Waals surface area (Å²) < 4.78 is 5.20. The van der Waals surface area contributed by atoms with E-state index in [0.717, 1.165) is 17.7 Å². The van der Waals surface area contributed by atoms with Crippen LogP contribution in [-0.2, 0) is 13.0 Å². The zero-order chi connectivity index (χ0) is 11.3. The summed E-state index contributed by atoms with van der Waals surface area (Å²) in [4.78, 5) is 10.7. The van der Waals surface area contributed by atoms with Crippen LogP contribution in [0.15, 0.2) is 18.2 Å². The first-order valence-corrected chi connectivity index (χ1v) is 5.24. The summed E-state index contributed by atoms with van der Waals surface area (Å²) in [6.45, 7) is 2.53. The van der Waals surface area contributed by atoms with Gasteiger partial charge in [0.1, 0.15) is 5.75 Å². The first kappa shape index (κ1) is 11.9. The number of nitrogens with one attached hydrogen (secondary N) is 1. The predicted molar refractivity (Wildman–Crippen MR) is 63.6 cm³/mol. The standard InChI is InChI=1S/C11H15NO2S/c1-3-8-4-5-10(14-2)9(6-8)7-12-11(13)15/h4-6H,3,7H2,1-2H3,(H2,12,13,15). The van der Waals surface area contributed by atoms with Crippen LogP contribution in [0, 0.1) is 0 Å². The lowest BCUT2D eigenvalue weighted by molar-refractivity contribution is 0.260. The lowest BCUT2D eigenvalue weighted by Gasteiger charge is -2.10. The second-order valence-electron chi connectivity index (χ2n) is 3.16. The van der Waals surface area contributed by atoms with E-state index in [-0.39, 0.29) is 5.24 Å². The minimum atomic E-state index is -0.334. The summed E-state index contributed by atoms with van der Waals surface area (Å²) in [5.74, 6) is 0.786. The highest BCUT2D eigenvalue weighted by molar-refractivity contribution is 7.96. The molecule has 0 saturated heterocycles. The molecule has 1 aromatic rings. The number of thiol groups is 1. The molecule has 0 radical (unpaired) electrons. The van der Waals surface area contributed by atoms with Crippen LogP contribution in [0.2, 0.25) is 0 Å². The van der Waals surface area contributed by atoms with Crippen LogP contribution in [0.4, 0.5) is 4.79 Å². The van der Waals surface area contributed by atoms with Crippen LogP contribution in [0.25, 0.3) is 0 Å². The minimum Gasteiger partial charge on any atom is -0.496 e. The van der Waals surface area contributed by atoms with Gasteiger partial charge in [-0.05, 0) is 18.1 Å². The highest BCUT2D eigenvalue weighted by atomic mass is 32.1. The molecule has 15 heavy (non-hydrogen) atoms. The molecular formula is C11H15NO2S. The van der Waals surface area contributed by atoms with Gasteiger partial charge in [0.05, 0.1) is 7.11 Å². The van der Waals surface area contributed by atoms with Crippen molar-refractivity contribution in [2.24, 2.45) is 0 Å². The Hall–Kier alpha value is -1.16. The van der Waals surface area contributed by atoms with E-state index in [1.165, 1.54) is 5.56 Å². The summed E-state index contributed by atoms with van der Waals surface area (Å²) in [5.41, 5.74) is 2.19. The molecule has 0 bridgehead atoms. The summed E-state index contributed by atoms with van der Waals surface area (Å²) in [7, 11) is 1.62. The summed E-state index contributed by atoms with van der Waals surface area (Å²) in [5, 5.41) is 2.30. The molecule has 0 saturated carbocycles. The monoisotopic (exact) mass is 225 g/mol. The SMILES string of the molecule is CCc1ccc(OC)c(CNC(=O)S)c1. The van der Waals surface area contributed by atoms with Crippen LogP contribution in [-0.4, -0.2) is 12.3 Å². The normalized spacial score (nSPS) is 9.80. The summed E-state index contributed by atoms with van der Waals surface area (Å²) >= 11 is 3.65. The molecule has 0 aliphatic rings. The molecule has 4 heteroatoms. The summed E-state index contributed by atoms with van der Waals surface area (Å²) in [6.07, 6.45) is 0.964. The van der Waals surface area contributed by atoms with Gasteiger partial charge in [0.2, 0.25) is 0 Å². The number of hydrogen-bond acceptors (Lipinski definition) is 2. The summed E-state index contributed by atoms with van der Waals surface area (Å²) in [6, 6.07) is 5.96. The van der Waals surface area contributed by atoms with Gasteiger partial charge in [0.15, 0.2) is 0 Å². The average molecular weight is 225 g/mol. The van der Waals surface area contributed by atoms with Gasteiger partial charge in [0.25, 0.3) is 5.24 Å². The van der Waals surface area contributed by atoms with Gasteiger partial charge in [-0.3, -0.25) is 4.79 Å². The van der Waals surface area contributed by atoms with Gasteiger partial charge in [-0.1, -0.05) is 31.7 Å². The third-order valence-corrected chi connectivity index (χ3v) is 2.34. The average Bonchev–Trinajstić information content (AvgIpc) is 2.25. The van der Waals surface area contributed by atoms with E-state index >= 15 is 0 Å². The van der Waals surface area contributed by atoms with Crippen LogP contribution >= 0.6 is 12.6 Å². The molecule has 0 atom stereocenters. The van der Waals surface area contributed by atoms with E-state index in [0.29, 0.717) is 6.54 Å². The van der Waals surface area contributed by atoms with Crippen LogP contribution in [0.5, 0.6) is 5.75 Å². The van der Waals surface area contributed by atoms with Crippen LogP contribution in [0.3, 0.4) is 0 Å². The molecule has 0 unspecified atom stereocenters. The third-order valence-electron chi connectivity index (χ3n) is 2.18. The zero-order valence-electron chi connectivity index (χ0n) is 8.91. The zero-order valence-corrected chi connectivity index (χ0v) is 9.80. The number of amides is 1. The van der Waals surface area contributed by atoms with Crippen molar-refractivity contribution < 1.29 is 9.53 Å². The Morgan fingerprint density at radius 2 is 2.27 bits per heavy atom. The Morgan fingerprint density at radius 3 is 2.80 bits per heavy atom. The Kier molecular flexibility index (Phi) is 4.49. The Balaban J connectivity index is 2.85. The fourth-order valence-corrected chi connectivity index (χ4v) is 1.44. The quantitative estimate of drug-likeness (QED) is 0.772. The van der Waals surface area contributed by atoms with E-state index < -0.39 is 0 Å². The predicted octanol–water partition coefficient (Wildman–Crippen LogP) is 2.40. The molecule has 0 fully saturated rings. The fraction of sp³-hybridized carbons (Fsp3) is 0.364. The molecule has 1 aromatic carbocycles.